The molecule has 1 aliphatic heterocycles. The van der Waals surface area contributed by atoms with Crippen LogP contribution >= 0.6 is 0 Å². The van der Waals surface area contributed by atoms with Crippen molar-refractivity contribution < 1.29 is 27.2 Å². The van der Waals surface area contributed by atoms with E-state index in [0.717, 1.165) is 29.2 Å². The summed E-state index contributed by atoms with van der Waals surface area (Å²) in [7, 11) is -2.38. The highest BCUT2D eigenvalue weighted by Gasteiger charge is 2.25. The van der Waals surface area contributed by atoms with Crippen molar-refractivity contribution in [2.24, 2.45) is 0 Å². The molecule has 252 valence electrons. The molecule has 3 aromatic carbocycles. The highest BCUT2D eigenvalue weighted by molar-refractivity contribution is 7.92. The van der Waals surface area contributed by atoms with Crippen LogP contribution in [0.5, 0.6) is 0 Å². The van der Waals surface area contributed by atoms with Crippen molar-refractivity contribution in [2.75, 3.05) is 50.3 Å². The van der Waals surface area contributed by atoms with Crippen molar-refractivity contribution in [1.82, 2.24) is 26.2 Å². The molecule has 3 atom stereocenters. The third-order valence-electron chi connectivity index (χ3n) is 8.15. The minimum Gasteiger partial charge on any atom is -0.348 e. The zero-order valence-electron chi connectivity index (χ0n) is 27.1. The van der Waals surface area contributed by atoms with Gasteiger partial charge in [-0.3, -0.25) is 18.7 Å². The summed E-state index contributed by atoms with van der Waals surface area (Å²) in [6.07, 6.45) is 1.49. The van der Waals surface area contributed by atoms with Crippen LogP contribution in [0.3, 0.4) is 0 Å². The van der Waals surface area contributed by atoms with Crippen LogP contribution in [0.4, 0.5) is 10.1 Å². The second-order valence-electron chi connectivity index (χ2n) is 11.8. The van der Waals surface area contributed by atoms with Gasteiger partial charge in [0.15, 0.2) is 0 Å². The molecule has 1 heterocycles. The molecule has 0 radical (unpaired) electrons. The van der Waals surface area contributed by atoms with Gasteiger partial charge in [-0.1, -0.05) is 42.5 Å². The van der Waals surface area contributed by atoms with Crippen LogP contribution in [0, 0.1) is 5.82 Å². The first-order valence-corrected chi connectivity index (χ1v) is 17.4. The normalized spacial score (nSPS) is 15.3. The largest absolute Gasteiger partial charge is 0.348 e. The Morgan fingerprint density at radius 1 is 0.915 bits per heavy atom. The van der Waals surface area contributed by atoms with Crippen molar-refractivity contribution >= 4 is 33.4 Å². The smallest absolute Gasteiger partial charge is 0.251 e. The van der Waals surface area contributed by atoms with E-state index < -0.39 is 45.8 Å². The van der Waals surface area contributed by atoms with Gasteiger partial charge >= 0.3 is 0 Å². The fourth-order valence-corrected chi connectivity index (χ4v) is 5.76. The molecule has 11 nitrogen and oxygen atoms in total. The Morgan fingerprint density at radius 2 is 1.51 bits per heavy atom. The Kier molecular flexibility index (Phi) is 12.1. The minimum atomic E-state index is -3.73. The van der Waals surface area contributed by atoms with Gasteiger partial charge in [-0.25, -0.2) is 12.8 Å². The van der Waals surface area contributed by atoms with E-state index in [4.69, 9.17) is 0 Å². The fraction of sp³-hybridized carbons (Fsp3) is 0.382. The van der Waals surface area contributed by atoms with Gasteiger partial charge in [0, 0.05) is 56.9 Å². The Balaban J connectivity index is 1.57. The van der Waals surface area contributed by atoms with E-state index in [9.17, 15) is 27.2 Å². The highest BCUT2D eigenvalue weighted by Crippen LogP contribution is 2.22. The summed E-state index contributed by atoms with van der Waals surface area (Å²) in [6, 6.07) is 18.1. The molecular weight excluding hydrogens is 623 g/mol. The maximum absolute atomic E-state index is 13.8. The van der Waals surface area contributed by atoms with Crippen LogP contribution in [0.1, 0.15) is 51.7 Å². The number of hydrogen-bond donors (Lipinski definition) is 4. The zero-order valence-corrected chi connectivity index (χ0v) is 27.9. The monoisotopic (exact) mass is 666 g/mol. The number of halogens is 1. The summed E-state index contributed by atoms with van der Waals surface area (Å²) >= 11 is 0. The van der Waals surface area contributed by atoms with Gasteiger partial charge in [-0.05, 0) is 61.7 Å². The van der Waals surface area contributed by atoms with Gasteiger partial charge in [-0.15, -0.1) is 0 Å². The third-order valence-corrected chi connectivity index (χ3v) is 9.36. The molecule has 3 aromatic rings. The maximum atomic E-state index is 13.8. The highest BCUT2D eigenvalue weighted by atomic mass is 32.2. The maximum Gasteiger partial charge on any atom is 0.251 e. The average molecular weight is 667 g/mol. The number of benzene rings is 3. The average Bonchev–Trinajstić information content (AvgIpc) is 3.06. The predicted molar refractivity (Wildman–Crippen MR) is 180 cm³/mol. The Morgan fingerprint density at radius 3 is 2.11 bits per heavy atom. The molecule has 4 N–H and O–H groups in total. The number of sulfonamides is 1. The van der Waals surface area contributed by atoms with E-state index in [1.807, 2.05) is 35.2 Å². The molecule has 0 bridgehead atoms. The van der Waals surface area contributed by atoms with E-state index in [1.165, 1.54) is 37.4 Å². The van der Waals surface area contributed by atoms with E-state index in [1.54, 1.807) is 26.0 Å². The number of nitrogens with zero attached hydrogens (tertiary/aromatic N) is 2. The van der Waals surface area contributed by atoms with Gasteiger partial charge in [-0.2, -0.15) is 0 Å². The lowest BCUT2D eigenvalue weighted by molar-refractivity contribution is -0.133. The molecule has 0 aromatic heterocycles. The number of carbonyl (C=O) groups is 3. The predicted octanol–water partition coefficient (Wildman–Crippen LogP) is 2.46. The van der Waals surface area contributed by atoms with Crippen LogP contribution in [-0.2, 0) is 21.2 Å². The summed E-state index contributed by atoms with van der Waals surface area (Å²) in [5.74, 6) is -1.47. The summed E-state index contributed by atoms with van der Waals surface area (Å²) in [5, 5.41) is 12.4. The van der Waals surface area contributed by atoms with Gasteiger partial charge in [0.25, 0.3) is 11.8 Å². The molecule has 1 saturated heterocycles. The number of piperazine rings is 1. The van der Waals surface area contributed by atoms with Crippen LogP contribution in [0.2, 0.25) is 0 Å². The summed E-state index contributed by atoms with van der Waals surface area (Å²) in [5.41, 5.74) is 1.93. The standard InChI is InChI=1S/C34H43FN6O5S/c1-23(26-10-12-29(35)13-11-26)38-32(42)27-19-28(21-31(20-27)40(3)47(4,45)46)33(43)39-30(18-25-8-6-5-7-9-25)22-37-24(2)34(44)41-16-14-36-15-17-41/h5-13,19-21,23-24,30,36-37H,14-18,22H2,1-4H3,(H,38,42)(H,39,43)/t23-,24+,30+/m1/s1. The first-order valence-electron chi connectivity index (χ1n) is 15.5. The van der Waals surface area contributed by atoms with Crippen molar-refractivity contribution in [3.8, 4) is 0 Å². The Labute approximate surface area is 276 Å². The van der Waals surface area contributed by atoms with Crippen LogP contribution in [0.15, 0.2) is 72.8 Å². The number of rotatable bonds is 13. The molecule has 13 heteroatoms. The topological polar surface area (TPSA) is 140 Å². The fourth-order valence-electron chi connectivity index (χ4n) is 5.27. The first kappa shape index (κ1) is 35.5. The number of hydrogen-bond acceptors (Lipinski definition) is 7. The summed E-state index contributed by atoms with van der Waals surface area (Å²) < 4.78 is 39.3. The molecule has 1 fully saturated rings. The third kappa shape index (κ3) is 10.1. The zero-order chi connectivity index (χ0) is 34.1. The lowest BCUT2D eigenvalue weighted by atomic mass is 10.0. The van der Waals surface area contributed by atoms with E-state index in [2.05, 4.69) is 21.3 Å². The van der Waals surface area contributed by atoms with Gasteiger partial charge in [0.05, 0.1) is 24.0 Å². The van der Waals surface area contributed by atoms with Crippen LogP contribution < -0.4 is 25.6 Å². The molecule has 1 aliphatic rings. The summed E-state index contributed by atoms with van der Waals surface area (Å²) in [4.78, 5) is 42.0. The van der Waals surface area contributed by atoms with Crippen molar-refractivity contribution in [3.05, 3.63) is 101 Å². The lowest BCUT2D eigenvalue weighted by Gasteiger charge is -2.30. The number of amides is 3. The summed E-state index contributed by atoms with van der Waals surface area (Å²) in [6.45, 7) is 6.56. The Hall–Kier alpha value is -4.33. The van der Waals surface area contributed by atoms with Crippen molar-refractivity contribution in [1.29, 1.82) is 0 Å². The Bertz CT molecular complexity index is 1650. The van der Waals surface area contributed by atoms with E-state index in [-0.39, 0.29) is 29.3 Å². The quantitative estimate of drug-likeness (QED) is 0.220. The number of nitrogens with one attached hydrogen (secondary N) is 4. The first-order chi connectivity index (χ1) is 22.3. The minimum absolute atomic E-state index is 0.0154. The molecule has 4 rings (SSSR count). The molecule has 0 aliphatic carbocycles. The number of anilines is 1. The van der Waals surface area contributed by atoms with Gasteiger partial charge in [0.2, 0.25) is 15.9 Å². The van der Waals surface area contributed by atoms with Crippen LogP contribution in [-0.4, -0.2) is 89.2 Å². The van der Waals surface area contributed by atoms with Gasteiger partial charge in [0.1, 0.15) is 5.82 Å². The molecule has 47 heavy (non-hydrogen) atoms. The molecule has 0 saturated carbocycles. The van der Waals surface area contributed by atoms with Crippen LogP contribution in [0.25, 0.3) is 0 Å². The van der Waals surface area contributed by atoms with E-state index >= 15 is 0 Å². The molecule has 0 unspecified atom stereocenters. The SMILES string of the molecule is C[C@H](NC[C@H](Cc1ccccc1)NC(=O)c1cc(C(=O)N[C@H](C)c2ccc(F)cc2)cc(N(C)S(C)(=O)=O)c1)C(=O)N1CCNCC1. The van der Waals surface area contributed by atoms with Gasteiger partial charge < -0.3 is 26.2 Å². The van der Waals surface area contributed by atoms with E-state index in [0.29, 0.717) is 25.1 Å². The molecular formula is C34H43FN6O5S. The second-order valence-corrected chi connectivity index (χ2v) is 13.8. The number of carbonyl (C=O) groups excluding carboxylic acids is 3. The molecule has 0 spiro atoms. The van der Waals surface area contributed by atoms with Crippen molar-refractivity contribution in [3.63, 3.8) is 0 Å². The van der Waals surface area contributed by atoms with Crippen molar-refractivity contribution in [2.45, 2.75) is 38.4 Å². The second kappa shape index (κ2) is 16.0. The lowest BCUT2D eigenvalue weighted by Crippen LogP contribution is -2.54. The molecule has 3 amide bonds.